The molecular formula is C18H35N3. The van der Waals surface area contributed by atoms with Crippen molar-refractivity contribution in [2.45, 2.75) is 58.4 Å². The van der Waals surface area contributed by atoms with Crippen molar-refractivity contribution in [1.82, 2.24) is 15.1 Å². The van der Waals surface area contributed by atoms with Gasteiger partial charge < -0.3 is 15.1 Å². The number of nitrogens with zero attached hydrogens (tertiary/aromatic N) is 2. The second-order valence-corrected chi connectivity index (χ2v) is 8.12. The molecule has 3 fully saturated rings. The van der Waals surface area contributed by atoms with Crippen LogP contribution in [0.4, 0.5) is 0 Å². The van der Waals surface area contributed by atoms with Gasteiger partial charge in [-0.1, -0.05) is 0 Å². The number of rotatable bonds is 3. The molecule has 3 heterocycles. The predicted molar refractivity (Wildman–Crippen MR) is 89.6 cm³/mol. The minimum Gasteiger partial charge on any atom is -0.317 e. The van der Waals surface area contributed by atoms with Gasteiger partial charge in [-0.25, -0.2) is 0 Å². The highest BCUT2D eigenvalue weighted by atomic mass is 15.2. The zero-order valence-corrected chi connectivity index (χ0v) is 14.2. The van der Waals surface area contributed by atoms with Crippen LogP contribution in [0.2, 0.25) is 0 Å². The zero-order chi connectivity index (χ0) is 14.7. The van der Waals surface area contributed by atoms with Crippen LogP contribution in [0, 0.1) is 11.3 Å². The zero-order valence-electron chi connectivity index (χ0n) is 14.2. The van der Waals surface area contributed by atoms with Crippen molar-refractivity contribution in [2.75, 3.05) is 45.8 Å². The Labute approximate surface area is 131 Å². The van der Waals surface area contributed by atoms with Crippen molar-refractivity contribution < 1.29 is 0 Å². The van der Waals surface area contributed by atoms with E-state index in [-0.39, 0.29) is 0 Å². The van der Waals surface area contributed by atoms with Crippen molar-refractivity contribution in [2.24, 2.45) is 11.3 Å². The first-order chi connectivity index (χ1) is 10.2. The fourth-order valence-corrected chi connectivity index (χ4v) is 4.68. The Morgan fingerprint density at radius 3 is 2.14 bits per heavy atom. The normalized spacial score (nSPS) is 29.3. The summed E-state index contributed by atoms with van der Waals surface area (Å²) in [7, 11) is 0. The van der Waals surface area contributed by atoms with Crippen molar-refractivity contribution in [1.29, 1.82) is 0 Å². The molecule has 3 rings (SSSR count). The van der Waals surface area contributed by atoms with E-state index in [0.717, 1.165) is 12.0 Å². The Morgan fingerprint density at radius 1 is 0.952 bits per heavy atom. The van der Waals surface area contributed by atoms with Crippen LogP contribution in [0.25, 0.3) is 0 Å². The summed E-state index contributed by atoms with van der Waals surface area (Å²) in [4.78, 5) is 5.43. The van der Waals surface area contributed by atoms with Gasteiger partial charge in [-0.05, 0) is 103 Å². The molecule has 3 heteroatoms. The van der Waals surface area contributed by atoms with Gasteiger partial charge in [0.2, 0.25) is 0 Å². The fourth-order valence-electron chi connectivity index (χ4n) is 4.68. The first kappa shape index (κ1) is 15.8. The van der Waals surface area contributed by atoms with E-state index in [1.165, 1.54) is 84.3 Å². The third-order valence-corrected chi connectivity index (χ3v) is 6.48. The maximum atomic E-state index is 3.53. The van der Waals surface area contributed by atoms with Crippen LogP contribution in [0.1, 0.15) is 52.4 Å². The smallest absolute Gasteiger partial charge is 0.00385 e. The lowest BCUT2D eigenvalue weighted by atomic mass is 9.71. The van der Waals surface area contributed by atoms with Crippen LogP contribution in [-0.4, -0.2) is 61.7 Å². The van der Waals surface area contributed by atoms with E-state index < -0.39 is 0 Å². The molecule has 3 nitrogen and oxygen atoms in total. The molecular weight excluding hydrogens is 258 g/mol. The van der Waals surface area contributed by atoms with Crippen molar-refractivity contribution >= 4 is 0 Å². The number of likely N-dealkylation sites (tertiary alicyclic amines) is 2. The van der Waals surface area contributed by atoms with Crippen molar-refractivity contribution in [3.05, 3.63) is 0 Å². The predicted octanol–water partition coefficient (Wildman–Crippen LogP) is 2.57. The molecule has 0 unspecified atom stereocenters. The molecule has 21 heavy (non-hydrogen) atoms. The van der Waals surface area contributed by atoms with E-state index in [4.69, 9.17) is 0 Å². The van der Waals surface area contributed by atoms with E-state index in [0.29, 0.717) is 5.41 Å². The summed E-state index contributed by atoms with van der Waals surface area (Å²) in [5.74, 6) is 0.960. The number of hydrogen-bond donors (Lipinski definition) is 1. The highest BCUT2D eigenvalue weighted by molar-refractivity contribution is 4.90. The van der Waals surface area contributed by atoms with Gasteiger partial charge >= 0.3 is 0 Å². The molecule has 0 aliphatic carbocycles. The molecule has 0 saturated carbocycles. The van der Waals surface area contributed by atoms with Crippen LogP contribution in [0.15, 0.2) is 0 Å². The lowest BCUT2D eigenvalue weighted by molar-refractivity contribution is 0.0531. The van der Waals surface area contributed by atoms with Gasteiger partial charge in [0.05, 0.1) is 0 Å². The Balaban J connectivity index is 1.40. The van der Waals surface area contributed by atoms with E-state index in [1.54, 1.807) is 0 Å². The molecule has 0 amide bonds. The average Bonchev–Trinajstić information content (AvgIpc) is 2.51. The largest absolute Gasteiger partial charge is 0.317 e. The summed E-state index contributed by atoms with van der Waals surface area (Å²) in [6.45, 7) is 13.9. The highest BCUT2D eigenvalue weighted by Crippen LogP contribution is 2.39. The van der Waals surface area contributed by atoms with Gasteiger partial charge in [0.25, 0.3) is 0 Å². The summed E-state index contributed by atoms with van der Waals surface area (Å²) in [5, 5.41) is 3.53. The van der Waals surface area contributed by atoms with E-state index in [9.17, 15) is 0 Å². The quantitative estimate of drug-likeness (QED) is 0.863. The molecule has 122 valence electrons. The summed E-state index contributed by atoms with van der Waals surface area (Å²) in [6, 6.07) is 0.737. The minimum absolute atomic E-state index is 0.711. The van der Waals surface area contributed by atoms with Crippen LogP contribution in [0.5, 0.6) is 0 Å². The Bertz CT molecular complexity index is 304. The lowest BCUT2D eigenvalue weighted by Crippen LogP contribution is -2.47. The van der Waals surface area contributed by atoms with Crippen molar-refractivity contribution in [3.8, 4) is 0 Å². The summed E-state index contributed by atoms with van der Waals surface area (Å²) >= 11 is 0. The first-order valence-corrected chi connectivity index (χ1v) is 9.34. The molecule has 0 bridgehead atoms. The van der Waals surface area contributed by atoms with Crippen molar-refractivity contribution in [3.63, 3.8) is 0 Å². The molecule has 0 radical (unpaired) electrons. The van der Waals surface area contributed by atoms with Gasteiger partial charge in [-0.3, -0.25) is 0 Å². The molecule has 1 N–H and O–H groups in total. The first-order valence-electron chi connectivity index (χ1n) is 9.34. The van der Waals surface area contributed by atoms with Gasteiger partial charge in [-0.15, -0.1) is 0 Å². The Morgan fingerprint density at radius 2 is 1.57 bits per heavy atom. The molecule has 3 aliphatic heterocycles. The van der Waals surface area contributed by atoms with Gasteiger partial charge in [-0.2, -0.15) is 0 Å². The maximum absolute atomic E-state index is 3.53. The molecule has 3 aliphatic rings. The molecule has 0 aromatic heterocycles. The average molecular weight is 293 g/mol. The van der Waals surface area contributed by atoms with Gasteiger partial charge in [0.15, 0.2) is 0 Å². The lowest BCUT2D eigenvalue weighted by Gasteiger charge is -2.45. The number of hydrogen-bond acceptors (Lipinski definition) is 3. The minimum atomic E-state index is 0.711. The summed E-state index contributed by atoms with van der Waals surface area (Å²) in [5.41, 5.74) is 0.711. The standard InChI is InChI=1S/C18H35N3/c1-16(2)21-11-3-17(4-12-21)15-20-13-7-18(8-14-20)5-9-19-10-6-18/h16-17,19H,3-15H2,1-2H3. The maximum Gasteiger partial charge on any atom is 0.00385 e. The highest BCUT2D eigenvalue weighted by Gasteiger charge is 2.36. The molecule has 1 spiro atoms. The summed E-state index contributed by atoms with van der Waals surface area (Å²) < 4.78 is 0. The molecule has 3 saturated heterocycles. The molecule has 0 atom stereocenters. The SMILES string of the molecule is CC(C)N1CCC(CN2CCC3(CCNCC3)CC2)CC1. The van der Waals surface area contributed by atoms with E-state index in [2.05, 4.69) is 29.0 Å². The second-order valence-electron chi connectivity index (χ2n) is 8.12. The topological polar surface area (TPSA) is 18.5 Å². The van der Waals surface area contributed by atoms with Crippen LogP contribution in [0.3, 0.4) is 0 Å². The third kappa shape index (κ3) is 4.00. The molecule has 0 aromatic rings. The Hall–Kier alpha value is -0.120. The monoisotopic (exact) mass is 293 g/mol. The second kappa shape index (κ2) is 6.97. The van der Waals surface area contributed by atoms with Crippen LogP contribution < -0.4 is 5.32 Å². The fraction of sp³-hybridized carbons (Fsp3) is 1.00. The number of nitrogens with one attached hydrogen (secondary N) is 1. The van der Waals surface area contributed by atoms with E-state index >= 15 is 0 Å². The van der Waals surface area contributed by atoms with Crippen LogP contribution >= 0.6 is 0 Å². The van der Waals surface area contributed by atoms with Gasteiger partial charge in [0.1, 0.15) is 0 Å². The van der Waals surface area contributed by atoms with Gasteiger partial charge in [0, 0.05) is 12.6 Å². The Kier molecular flexibility index (Phi) is 5.23. The van der Waals surface area contributed by atoms with Crippen LogP contribution in [-0.2, 0) is 0 Å². The third-order valence-electron chi connectivity index (χ3n) is 6.48. The molecule has 0 aromatic carbocycles. The van der Waals surface area contributed by atoms with E-state index in [1.807, 2.05) is 0 Å². The number of piperidine rings is 3. The summed E-state index contributed by atoms with van der Waals surface area (Å²) in [6.07, 6.45) is 8.60.